The van der Waals surface area contributed by atoms with Crippen LogP contribution >= 0.6 is 11.6 Å². The lowest BCUT2D eigenvalue weighted by Crippen LogP contribution is -1.98. The Morgan fingerprint density at radius 1 is 1.15 bits per heavy atom. The van der Waals surface area contributed by atoms with Crippen LogP contribution in [0, 0.1) is 5.82 Å². The number of hydrogen-bond acceptors (Lipinski definition) is 3. The standard InChI is InChI=1S/C15H16ClFN2O/c1-2-3-20-15-8-12(18)7-14(9-15)19-13-5-10(16)4-11(17)6-13/h4-9,19H,2-3,18H2,1H3. The Morgan fingerprint density at radius 3 is 2.60 bits per heavy atom. The molecule has 0 aliphatic heterocycles. The molecule has 106 valence electrons. The van der Waals surface area contributed by atoms with Crippen molar-refractivity contribution >= 4 is 28.7 Å². The highest BCUT2D eigenvalue weighted by Crippen LogP contribution is 2.27. The van der Waals surface area contributed by atoms with Crippen LogP contribution in [0.2, 0.25) is 5.02 Å². The summed E-state index contributed by atoms with van der Waals surface area (Å²) < 4.78 is 18.8. The lowest BCUT2D eigenvalue weighted by Gasteiger charge is -2.11. The predicted molar refractivity (Wildman–Crippen MR) is 81.3 cm³/mol. The average molecular weight is 295 g/mol. The molecule has 0 aliphatic carbocycles. The fourth-order valence-electron chi connectivity index (χ4n) is 1.79. The Morgan fingerprint density at radius 2 is 1.90 bits per heavy atom. The zero-order valence-electron chi connectivity index (χ0n) is 11.1. The number of ether oxygens (including phenoxy) is 1. The van der Waals surface area contributed by atoms with Gasteiger partial charge in [0.15, 0.2) is 0 Å². The van der Waals surface area contributed by atoms with Crippen molar-refractivity contribution < 1.29 is 9.13 Å². The number of hydrogen-bond donors (Lipinski definition) is 2. The van der Waals surface area contributed by atoms with Gasteiger partial charge in [-0.3, -0.25) is 0 Å². The Labute approximate surface area is 122 Å². The third-order valence-electron chi connectivity index (χ3n) is 2.55. The highest BCUT2D eigenvalue weighted by molar-refractivity contribution is 6.30. The molecule has 2 rings (SSSR count). The number of halogens is 2. The van der Waals surface area contributed by atoms with Crippen molar-refractivity contribution in [3.63, 3.8) is 0 Å². The molecule has 0 saturated heterocycles. The van der Waals surface area contributed by atoms with E-state index in [1.165, 1.54) is 12.1 Å². The quantitative estimate of drug-likeness (QED) is 0.793. The molecular weight excluding hydrogens is 279 g/mol. The summed E-state index contributed by atoms with van der Waals surface area (Å²) in [6.45, 7) is 2.65. The summed E-state index contributed by atoms with van der Waals surface area (Å²) in [7, 11) is 0. The van der Waals surface area contributed by atoms with E-state index in [9.17, 15) is 4.39 Å². The Hall–Kier alpha value is -1.94. The molecule has 0 saturated carbocycles. The number of nitrogen functional groups attached to an aromatic ring is 1. The van der Waals surface area contributed by atoms with E-state index in [0.717, 1.165) is 12.1 Å². The maximum Gasteiger partial charge on any atom is 0.126 e. The van der Waals surface area contributed by atoms with E-state index in [0.29, 0.717) is 28.8 Å². The van der Waals surface area contributed by atoms with Crippen LogP contribution in [0.3, 0.4) is 0 Å². The van der Waals surface area contributed by atoms with E-state index in [4.69, 9.17) is 22.1 Å². The average Bonchev–Trinajstić information content (AvgIpc) is 2.34. The molecule has 0 amide bonds. The highest BCUT2D eigenvalue weighted by Gasteiger charge is 2.03. The topological polar surface area (TPSA) is 47.3 Å². The van der Waals surface area contributed by atoms with Crippen molar-refractivity contribution in [1.29, 1.82) is 0 Å². The summed E-state index contributed by atoms with van der Waals surface area (Å²) in [5.41, 5.74) is 7.67. The predicted octanol–water partition coefficient (Wildman–Crippen LogP) is 4.59. The van der Waals surface area contributed by atoms with Crippen molar-refractivity contribution in [2.75, 3.05) is 17.7 Å². The molecule has 0 aliphatic rings. The third-order valence-corrected chi connectivity index (χ3v) is 2.77. The molecule has 0 unspecified atom stereocenters. The van der Waals surface area contributed by atoms with Gasteiger partial charge in [-0.25, -0.2) is 4.39 Å². The van der Waals surface area contributed by atoms with E-state index in [1.54, 1.807) is 18.2 Å². The van der Waals surface area contributed by atoms with Gasteiger partial charge in [-0.05, 0) is 30.7 Å². The second-order valence-electron chi connectivity index (χ2n) is 4.42. The fourth-order valence-corrected chi connectivity index (χ4v) is 2.01. The van der Waals surface area contributed by atoms with Gasteiger partial charge in [0.2, 0.25) is 0 Å². The lowest BCUT2D eigenvalue weighted by atomic mass is 10.2. The molecule has 5 heteroatoms. The molecule has 0 radical (unpaired) electrons. The van der Waals surface area contributed by atoms with E-state index < -0.39 is 5.82 Å². The van der Waals surface area contributed by atoms with Gasteiger partial charge in [0.05, 0.1) is 6.61 Å². The van der Waals surface area contributed by atoms with Crippen molar-refractivity contribution in [3.8, 4) is 5.75 Å². The van der Waals surface area contributed by atoms with Gasteiger partial charge in [0, 0.05) is 34.2 Å². The SMILES string of the molecule is CCCOc1cc(N)cc(Nc2cc(F)cc(Cl)c2)c1. The van der Waals surface area contributed by atoms with Crippen LogP contribution in [-0.2, 0) is 0 Å². The Balaban J connectivity index is 2.21. The van der Waals surface area contributed by atoms with Gasteiger partial charge in [-0.1, -0.05) is 18.5 Å². The minimum absolute atomic E-state index is 0.332. The maximum absolute atomic E-state index is 13.3. The summed E-state index contributed by atoms with van der Waals surface area (Å²) in [6, 6.07) is 9.56. The van der Waals surface area contributed by atoms with Gasteiger partial charge in [-0.2, -0.15) is 0 Å². The summed E-state index contributed by atoms with van der Waals surface area (Å²) in [5, 5.41) is 3.39. The third kappa shape index (κ3) is 4.03. The van der Waals surface area contributed by atoms with Crippen molar-refractivity contribution in [2.24, 2.45) is 0 Å². The van der Waals surface area contributed by atoms with Gasteiger partial charge >= 0.3 is 0 Å². The maximum atomic E-state index is 13.3. The Kier molecular flexibility index (Phi) is 4.69. The molecule has 2 aromatic carbocycles. The molecule has 0 aromatic heterocycles. The largest absolute Gasteiger partial charge is 0.493 e. The molecular formula is C15H16ClFN2O. The van der Waals surface area contributed by atoms with Crippen LogP contribution in [0.4, 0.5) is 21.5 Å². The molecule has 3 nitrogen and oxygen atoms in total. The molecule has 2 aromatic rings. The summed E-state index contributed by atoms with van der Waals surface area (Å²) >= 11 is 5.82. The van der Waals surface area contributed by atoms with E-state index in [1.807, 2.05) is 13.0 Å². The van der Waals surface area contributed by atoms with Crippen molar-refractivity contribution in [1.82, 2.24) is 0 Å². The van der Waals surface area contributed by atoms with Gasteiger partial charge < -0.3 is 15.8 Å². The first-order chi connectivity index (χ1) is 9.56. The zero-order valence-corrected chi connectivity index (χ0v) is 11.9. The molecule has 3 N–H and O–H groups in total. The zero-order chi connectivity index (χ0) is 14.5. The second-order valence-corrected chi connectivity index (χ2v) is 4.86. The minimum atomic E-state index is -0.397. The van der Waals surface area contributed by atoms with E-state index in [2.05, 4.69) is 5.32 Å². The minimum Gasteiger partial charge on any atom is -0.493 e. The van der Waals surface area contributed by atoms with Crippen LogP contribution in [0.25, 0.3) is 0 Å². The number of benzene rings is 2. The monoisotopic (exact) mass is 294 g/mol. The fraction of sp³-hybridized carbons (Fsp3) is 0.200. The number of nitrogens with one attached hydrogen (secondary N) is 1. The molecule has 0 spiro atoms. The lowest BCUT2D eigenvalue weighted by molar-refractivity contribution is 0.318. The van der Waals surface area contributed by atoms with E-state index in [-0.39, 0.29) is 0 Å². The van der Waals surface area contributed by atoms with Gasteiger partial charge in [0.25, 0.3) is 0 Å². The van der Waals surface area contributed by atoms with Crippen molar-refractivity contribution in [3.05, 3.63) is 47.2 Å². The first kappa shape index (κ1) is 14.5. The summed E-state index contributed by atoms with van der Waals surface area (Å²) in [6.07, 6.45) is 0.914. The summed E-state index contributed by atoms with van der Waals surface area (Å²) in [5.74, 6) is 0.281. The first-order valence-corrected chi connectivity index (χ1v) is 6.71. The molecule has 0 fully saturated rings. The highest BCUT2D eigenvalue weighted by atomic mass is 35.5. The number of rotatable bonds is 5. The van der Waals surface area contributed by atoms with Crippen LogP contribution in [0.15, 0.2) is 36.4 Å². The van der Waals surface area contributed by atoms with Gasteiger partial charge in [0.1, 0.15) is 11.6 Å². The number of anilines is 3. The van der Waals surface area contributed by atoms with Crippen LogP contribution in [-0.4, -0.2) is 6.61 Å². The van der Waals surface area contributed by atoms with Gasteiger partial charge in [-0.15, -0.1) is 0 Å². The molecule has 20 heavy (non-hydrogen) atoms. The Bertz CT molecular complexity index is 584. The normalized spacial score (nSPS) is 10.3. The number of nitrogens with two attached hydrogens (primary N) is 1. The molecule has 0 atom stereocenters. The summed E-state index contributed by atoms with van der Waals surface area (Å²) in [4.78, 5) is 0. The molecule has 0 heterocycles. The van der Waals surface area contributed by atoms with Crippen LogP contribution < -0.4 is 15.8 Å². The smallest absolute Gasteiger partial charge is 0.126 e. The van der Waals surface area contributed by atoms with Crippen molar-refractivity contribution in [2.45, 2.75) is 13.3 Å². The van der Waals surface area contributed by atoms with E-state index >= 15 is 0 Å². The van der Waals surface area contributed by atoms with Crippen LogP contribution in [0.1, 0.15) is 13.3 Å². The molecule has 0 bridgehead atoms. The first-order valence-electron chi connectivity index (χ1n) is 6.33. The van der Waals surface area contributed by atoms with Crippen LogP contribution in [0.5, 0.6) is 5.75 Å². The second kappa shape index (κ2) is 6.48.